The SMILES string of the molecule is CS(=O)(=O)N(CCNS(=O)(=O)c1ccccc1Cl)C1CC1. The fraction of sp³-hybridized carbons (Fsp3) is 0.500. The lowest BCUT2D eigenvalue weighted by molar-refractivity contribution is 0.410. The zero-order chi connectivity index (χ0) is 15.7. The Morgan fingerprint density at radius 2 is 1.86 bits per heavy atom. The molecule has 0 bridgehead atoms. The molecule has 0 radical (unpaired) electrons. The van der Waals surface area contributed by atoms with Crippen molar-refractivity contribution in [3.8, 4) is 0 Å². The van der Waals surface area contributed by atoms with E-state index >= 15 is 0 Å². The van der Waals surface area contributed by atoms with Crippen LogP contribution in [0.1, 0.15) is 12.8 Å². The van der Waals surface area contributed by atoms with Crippen LogP contribution in [0, 0.1) is 0 Å². The first-order chi connectivity index (χ1) is 9.72. The van der Waals surface area contributed by atoms with Gasteiger partial charge in [0.15, 0.2) is 0 Å². The molecule has 1 N–H and O–H groups in total. The molecule has 0 spiro atoms. The molecule has 1 aromatic carbocycles. The van der Waals surface area contributed by atoms with Crippen molar-refractivity contribution in [2.75, 3.05) is 19.3 Å². The van der Waals surface area contributed by atoms with E-state index in [9.17, 15) is 16.8 Å². The van der Waals surface area contributed by atoms with E-state index in [0.717, 1.165) is 19.1 Å². The normalized spacial score (nSPS) is 16.3. The van der Waals surface area contributed by atoms with E-state index in [2.05, 4.69) is 4.72 Å². The Labute approximate surface area is 130 Å². The maximum absolute atomic E-state index is 12.1. The number of benzene rings is 1. The van der Waals surface area contributed by atoms with E-state index in [1.165, 1.54) is 16.4 Å². The summed E-state index contributed by atoms with van der Waals surface area (Å²) in [6.45, 7) is 0.129. The highest BCUT2D eigenvalue weighted by molar-refractivity contribution is 7.89. The summed E-state index contributed by atoms with van der Waals surface area (Å²) >= 11 is 5.86. The van der Waals surface area contributed by atoms with Crippen LogP contribution in [-0.4, -0.2) is 46.5 Å². The van der Waals surface area contributed by atoms with Gasteiger partial charge in [-0.15, -0.1) is 0 Å². The third kappa shape index (κ3) is 4.40. The zero-order valence-electron chi connectivity index (χ0n) is 11.5. The molecule has 1 fully saturated rings. The highest BCUT2D eigenvalue weighted by atomic mass is 35.5. The van der Waals surface area contributed by atoms with E-state index in [4.69, 9.17) is 11.6 Å². The Kier molecular flexibility index (Phi) is 4.94. The van der Waals surface area contributed by atoms with Gasteiger partial charge in [-0.25, -0.2) is 21.6 Å². The molecule has 1 aliphatic carbocycles. The molecule has 0 aliphatic heterocycles. The first-order valence-corrected chi connectivity index (χ1v) is 10.1. The summed E-state index contributed by atoms with van der Waals surface area (Å²) in [6.07, 6.45) is 2.78. The molecule has 0 saturated heterocycles. The summed E-state index contributed by atoms with van der Waals surface area (Å²) in [4.78, 5) is -0.0102. The van der Waals surface area contributed by atoms with Gasteiger partial charge in [-0.3, -0.25) is 0 Å². The molecule has 1 saturated carbocycles. The number of sulfonamides is 2. The molecule has 1 aromatic rings. The monoisotopic (exact) mass is 352 g/mol. The quantitative estimate of drug-likeness (QED) is 0.794. The number of nitrogens with one attached hydrogen (secondary N) is 1. The second-order valence-corrected chi connectivity index (χ2v) is 9.01. The van der Waals surface area contributed by atoms with Gasteiger partial charge in [-0.1, -0.05) is 23.7 Å². The molecule has 0 unspecified atom stereocenters. The maximum Gasteiger partial charge on any atom is 0.242 e. The molecule has 1 aliphatic rings. The van der Waals surface area contributed by atoms with Crippen LogP contribution in [0.4, 0.5) is 0 Å². The predicted molar refractivity (Wildman–Crippen MR) is 81.2 cm³/mol. The topological polar surface area (TPSA) is 83.6 Å². The number of rotatable bonds is 7. The van der Waals surface area contributed by atoms with Crippen LogP contribution in [0.5, 0.6) is 0 Å². The van der Waals surface area contributed by atoms with E-state index in [1.54, 1.807) is 12.1 Å². The molecule has 6 nitrogen and oxygen atoms in total. The van der Waals surface area contributed by atoms with Gasteiger partial charge in [0.2, 0.25) is 20.0 Å². The van der Waals surface area contributed by atoms with Gasteiger partial charge < -0.3 is 0 Å². The van der Waals surface area contributed by atoms with Crippen LogP contribution in [0.2, 0.25) is 5.02 Å². The number of nitrogens with zero attached hydrogens (tertiary/aromatic N) is 1. The van der Waals surface area contributed by atoms with E-state index < -0.39 is 20.0 Å². The second-order valence-electron chi connectivity index (χ2n) is 4.93. The van der Waals surface area contributed by atoms with Crippen molar-refractivity contribution >= 4 is 31.6 Å². The van der Waals surface area contributed by atoms with Crippen LogP contribution in [0.15, 0.2) is 29.2 Å². The summed E-state index contributed by atoms with van der Waals surface area (Å²) in [5, 5.41) is 0.132. The van der Waals surface area contributed by atoms with Crippen LogP contribution >= 0.6 is 11.6 Å². The number of hydrogen-bond donors (Lipinski definition) is 1. The molecular formula is C12H17ClN2O4S2. The Morgan fingerprint density at radius 3 is 2.38 bits per heavy atom. The fourth-order valence-corrected chi connectivity index (χ4v) is 4.73. The Bertz CT molecular complexity index is 715. The van der Waals surface area contributed by atoms with Crippen LogP contribution in [-0.2, 0) is 20.0 Å². The molecule has 0 amide bonds. The van der Waals surface area contributed by atoms with Crippen molar-refractivity contribution < 1.29 is 16.8 Å². The van der Waals surface area contributed by atoms with Crippen LogP contribution in [0.3, 0.4) is 0 Å². The van der Waals surface area contributed by atoms with Crippen molar-refractivity contribution in [3.05, 3.63) is 29.3 Å². The molecular weight excluding hydrogens is 336 g/mol. The van der Waals surface area contributed by atoms with Gasteiger partial charge in [0.25, 0.3) is 0 Å². The highest BCUT2D eigenvalue weighted by Crippen LogP contribution is 2.28. The summed E-state index contributed by atoms with van der Waals surface area (Å²) in [5.41, 5.74) is 0. The number of hydrogen-bond acceptors (Lipinski definition) is 4. The fourth-order valence-electron chi connectivity index (χ4n) is 2.01. The Balaban J connectivity index is 2.01. The van der Waals surface area contributed by atoms with Crippen molar-refractivity contribution in [1.82, 2.24) is 9.03 Å². The minimum absolute atomic E-state index is 0.00446. The smallest absolute Gasteiger partial charge is 0.212 e. The molecule has 0 aromatic heterocycles. The average Bonchev–Trinajstić information content (AvgIpc) is 3.17. The summed E-state index contributed by atoms with van der Waals surface area (Å²) in [6, 6.07) is 6.11. The number of halogens is 1. The molecule has 0 atom stereocenters. The van der Waals surface area contributed by atoms with Gasteiger partial charge in [0.05, 0.1) is 11.3 Å². The van der Waals surface area contributed by atoms with Gasteiger partial charge in [-0.2, -0.15) is 4.31 Å². The highest BCUT2D eigenvalue weighted by Gasteiger charge is 2.34. The predicted octanol–water partition coefficient (Wildman–Crippen LogP) is 1.04. The molecule has 2 rings (SSSR count). The lowest BCUT2D eigenvalue weighted by Gasteiger charge is -2.19. The molecule has 118 valence electrons. The van der Waals surface area contributed by atoms with Crippen LogP contribution < -0.4 is 4.72 Å². The lowest BCUT2D eigenvalue weighted by Crippen LogP contribution is -2.39. The minimum Gasteiger partial charge on any atom is -0.212 e. The summed E-state index contributed by atoms with van der Waals surface area (Å²) in [7, 11) is -7.06. The van der Waals surface area contributed by atoms with E-state index in [-0.39, 0.29) is 29.0 Å². The minimum atomic E-state index is -3.74. The third-order valence-electron chi connectivity index (χ3n) is 3.13. The Hall–Kier alpha value is -0.670. The first-order valence-electron chi connectivity index (χ1n) is 6.43. The third-order valence-corrected chi connectivity index (χ3v) is 6.42. The van der Waals surface area contributed by atoms with Crippen molar-refractivity contribution in [1.29, 1.82) is 0 Å². The van der Waals surface area contributed by atoms with Gasteiger partial charge >= 0.3 is 0 Å². The van der Waals surface area contributed by atoms with E-state index in [1.807, 2.05) is 0 Å². The maximum atomic E-state index is 12.1. The van der Waals surface area contributed by atoms with Gasteiger partial charge in [-0.05, 0) is 25.0 Å². The first kappa shape index (κ1) is 16.7. The van der Waals surface area contributed by atoms with Gasteiger partial charge in [0.1, 0.15) is 4.90 Å². The second kappa shape index (κ2) is 6.21. The van der Waals surface area contributed by atoms with E-state index in [0.29, 0.717) is 0 Å². The molecule has 21 heavy (non-hydrogen) atoms. The van der Waals surface area contributed by atoms with Crippen molar-refractivity contribution in [2.45, 2.75) is 23.8 Å². The zero-order valence-corrected chi connectivity index (χ0v) is 13.9. The average molecular weight is 353 g/mol. The van der Waals surface area contributed by atoms with Gasteiger partial charge in [0, 0.05) is 19.1 Å². The Morgan fingerprint density at radius 1 is 1.24 bits per heavy atom. The van der Waals surface area contributed by atoms with Crippen molar-refractivity contribution in [2.24, 2.45) is 0 Å². The standard InChI is InChI=1S/C12H17ClN2O4S2/c1-20(16,17)15(10-6-7-10)9-8-14-21(18,19)12-5-3-2-4-11(12)13/h2-5,10,14H,6-9H2,1H3. The van der Waals surface area contributed by atoms with Crippen LogP contribution in [0.25, 0.3) is 0 Å². The van der Waals surface area contributed by atoms with Crippen molar-refractivity contribution in [3.63, 3.8) is 0 Å². The molecule has 9 heteroatoms. The lowest BCUT2D eigenvalue weighted by atomic mass is 10.4. The summed E-state index contributed by atoms with van der Waals surface area (Å²) in [5.74, 6) is 0. The largest absolute Gasteiger partial charge is 0.242 e. The molecule has 0 heterocycles. The summed E-state index contributed by atoms with van der Waals surface area (Å²) < 4.78 is 51.2.